The number of benzene rings is 3. The summed E-state index contributed by atoms with van der Waals surface area (Å²) in [6, 6.07) is 22.3. The number of ether oxygens (including phenoxy) is 1. The van der Waals surface area contributed by atoms with E-state index in [1.54, 1.807) is 30.2 Å². The highest BCUT2D eigenvalue weighted by Gasteiger charge is 2.17. The second-order valence-corrected chi connectivity index (χ2v) is 7.37. The summed E-state index contributed by atoms with van der Waals surface area (Å²) >= 11 is 0. The smallest absolute Gasteiger partial charge is 0.335 e. The lowest BCUT2D eigenvalue weighted by molar-refractivity contribution is -0.118. The van der Waals surface area contributed by atoms with Gasteiger partial charge in [-0.25, -0.2) is 4.79 Å². The maximum absolute atomic E-state index is 12.9. The van der Waals surface area contributed by atoms with Gasteiger partial charge in [0.2, 0.25) is 5.91 Å². The van der Waals surface area contributed by atoms with Crippen LogP contribution in [0.3, 0.4) is 0 Å². The number of carbonyl (C=O) groups excluding carboxylic acids is 1. The number of carboxylic acids is 1. The SMILES string of the molecule is CCCCC(=O)N(Cc1ccc(-c2cccc(C(=O)O)c2)cc1)c1cccc(OC)c1. The number of hydrogen-bond donors (Lipinski definition) is 1. The fourth-order valence-corrected chi connectivity index (χ4v) is 3.38. The largest absolute Gasteiger partial charge is 0.497 e. The van der Waals surface area contributed by atoms with Crippen LogP contribution in [0.25, 0.3) is 11.1 Å². The average molecular weight is 418 g/mol. The number of methoxy groups -OCH3 is 1. The minimum absolute atomic E-state index is 0.0772. The molecule has 1 amide bonds. The molecule has 0 saturated heterocycles. The van der Waals surface area contributed by atoms with Crippen molar-refractivity contribution in [2.75, 3.05) is 12.0 Å². The number of aromatic carboxylic acids is 1. The summed E-state index contributed by atoms with van der Waals surface area (Å²) in [5, 5.41) is 9.21. The van der Waals surface area contributed by atoms with E-state index < -0.39 is 5.97 Å². The number of hydrogen-bond acceptors (Lipinski definition) is 3. The molecule has 0 aliphatic carbocycles. The Kier molecular flexibility index (Phi) is 7.44. The van der Waals surface area contributed by atoms with E-state index in [4.69, 9.17) is 4.74 Å². The predicted molar refractivity (Wildman–Crippen MR) is 123 cm³/mol. The van der Waals surface area contributed by atoms with Gasteiger partial charge >= 0.3 is 5.97 Å². The van der Waals surface area contributed by atoms with Crippen LogP contribution in [0.1, 0.15) is 42.1 Å². The van der Waals surface area contributed by atoms with Crippen molar-refractivity contribution in [3.05, 3.63) is 83.9 Å². The van der Waals surface area contributed by atoms with Gasteiger partial charge in [0.1, 0.15) is 5.75 Å². The summed E-state index contributed by atoms with van der Waals surface area (Å²) in [4.78, 5) is 25.9. The molecule has 0 aliphatic heterocycles. The zero-order valence-corrected chi connectivity index (χ0v) is 17.9. The first-order valence-corrected chi connectivity index (χ1v) is 10.4. The highest BCUT2D eigenvalue weighted by Crippen LogP contribution is 2.26. The molecular formula is C26H27NO4. The van der Waals surface area contributed by atoms with E-state index in [1.807, 2.05) is 54.6 Å². The zero-order valence-electron chi connectivity index (χ0n) is 17.9. The quantitative estimate of drug-likeness (QED) is 0.479. The van der Waals surface area contributed by atoms with Crippen molar-refractivity contribution in [1.82, 2.24) is 0 Å². The Morgan fingerprint density at radius 1 is 0.935 bits per heavy atom. The molecule has 1 N–H and O–H groups in total. The fraction of sp³-hybridized carbons (Fsp3) is 0.231. The van der Waals surface area contributed by atoms with Gasteiger partial charge in [0.15, 0.2) is 0 Å². The fourth-order valence-electron chi connectivity index (χ4n) is 3.38. The summed E-state index contributed by atoms with van der Waals surface area (Å²) in [6.45, 7) is 2.52. The van der Waals surface area contributed by atoms with E-state index >= 15 is 0 Å². The summed E-state index contributed by atoms with van der Waals surface area (Å²) in [5.74, 6) is -0.161. The molecule has 31 heavy (non-hydrogen) atoms. The maximum Gasteiger partial charge on any atom is 0.335 e. The van der Waals surface area contributed by atoms with Crippen molar-refractivity contribution in [1.29, 1.82) is 0 Å². The first-order chi connectivity index (χ1) is 15.0. The van der Waals surface area contributed by atoms with Crippen LogP contribution in [-0.2, 0) is 11.3 Å². The van der Waals surface area contributed by atoms with E-state index in [1.165, 1.54) is 0 Å². The molecular weight excluding hydrogens is 390 g/mol. The first-order valence-electron chi connectivity index (χ1n) is 10.4. The van der Waals surface area contributed by atoms with Crippen LogP contribution in [0.15, 0.2) is 72.8 Å². The molecule has 3 rings (SSSR count). The Balaban J connectivity index is 1.84. The van der Waals surface area contributed by atoms with Gasteiger partial charge in [0, 0.05) is 18.2 Å². The number of anilines is 1. The molecule has 5 heteroatoms. The minimum atomic E-state index is -0.946. The van der Waals surface area contributed by atoms with Crippen LogP contribution in [-0.4, -0.2) is 24.1 Å². The van der Waals surface area contributed by atoms with Gasteiger partial charge in [0.25, 0.3) is 0 Å². The topological polar surface area (TPSA) is 66.8 Å². The Labute approximate surface area is 182 Å². The van der Waals surface area contributed by atoms with E-state index in [-0.39, 0.29) is 11.5 Å². The second kappa shape index (κ2) is 10.4. The molecule has 5 nitrogen and oxygen atoms in total. The Hall–Kier alpha value is -3.60. The third-order valence-corrected chi connectivity index (χ3v) is 5.15. The standard InChI is InChI=1S/C26H27NO4/c1-3-4-11-25(28)27(23-9-6-10-24(17-23)31-2)18-19-12-14-20(15-13-19)21-7-5-8-22(16-21)26(29)30/h5-10,12-17H,3-4,11,18H2,1-2H3,(H,29,30). The summed E-state index contributed by atoms with van der Waals surface area (Å²) in [5.41, 5.74) is 3.82. The number of carboxylic acid groups (broad SMARTS) is 1. The third-order valence-electron chi connectivity index (χ3n) is 5.15. The molecule has 3 aromatic carbocycles. The number of nitrogens with zero attached hydrogens (tertiary/aromatic N) is 1. The van der Waals surface area contributed by atoms with Gasteiger partial charge in [0.05, 0.1) is 19.2 Å². The monoisotopic (exact) mass is 417 g/mol. The number of rotatable bonds is 9. The zero-order chi connectivity index (χ0) is 22.2. The van der Waals surface area contributed by atoms with Gasteiger partial charge in [-0.1, -0.05) is 55.8 Å². The molecule has 160 valence electrons. The molecule has 0 saturated carbocycles. The Morgan fingerprint density at radius 2 is 1.68 bits per heavy atom. The van der Waals surface area contributed by atoms with Crippen molar-refractivity contribution in [2.45, 2.75) is 32.7 Å². The molecule has 0 unspecified atom stereocenters. The molecule has 0 heterocycles. The lowest BCUT2D eigenvalue weighted by Crippen LogP contribution is -2.30. The highest BCUT2D eigenvalue weighted by atomic mass is 16.5. The van der Waals surface area contributed by atoms with Gasteiger partial charge < -0.3 is 14.7 Å². The minimum Gasteiger partial charge on any atom is -0.497 e. The van der Waals surface area contributed by atoms with Crippen LogP contribution in [0, 0.1) is 0 Å². The van der Waals surface area contributed by atoms with Gasteiger partial charge in [-0.3, -0.25) is 4.79 Å². The predicted octanol–water partition coefficient (Wildman–Crippen LogP) is 5.78. The molecule has 0 fully saturated rings. The van der Waals surface area contributed by atoms with Crippen LogP contribution >= 0.6 is 0 Å². The van der Waals surface area contributed by atoms with Gasteiger partial charge in [-0.2, -0.15) is 0 Å². The molecule has 0 radical (unpaired) electrons. The first kappa shape index (κ1) is 22.1. The molecule has 0 bridgehead atoms. The molecule has 3 aromatic rings. The second-order valence-electron chi connectivity index (χ2n) is 7.37. The van der Waals surface area contributed by atoms with E-state index in [2.05, 4.69) is 6.92 Å². The molecule has 0 atom stereocenters. The van der Waals surface area contributed by atoms with Crippen LogP contribution in [0.4, 0.5) is 5.69 Å². The lowest BCUT2D eigenvalue weighted by Gasteiger charge is -2.24. The van der Waals surface area contributed by atoms with E-state index in [0.717, 1.165) is 35.2 Å². The molecule has 0 aliphatic rings. The Morgan fingerprint density at radius 3 is 2.35 bits per heavy atom. The summed E-state index contributed by atoms with van der Waals surface area (Å²) in [7, 11) is 1.61. The third kappa shape index (κ3) is 5.72. The van der Waals surface area contributed by atoms with Crippen LogP contribution < -0.4 is 9.64 Å². The number of unbranched alkanes of at least 4 members (excludes halogenated alkanes) is 1. The number of amides is 1. The summed E-state index contributed by atoms with van der Waals surface area (Å²) in [6.07, 6.45) is 2.30. The average Bonchev–Trinajstić information content (AvgIpc) is 2.81. The highest BCUT2D eigenvalue weighted by molar-refractivity contribution is 5.93. The molecule has 0 aromatic heterocycles. The van der Waals surface area contributed by atoms with Crippen molar-refractivity contribution >= 4 is 17.6 Å². The van der Waals surface area contributed by atoms with E-state index in [0.29, 0.717) is 18.7 Å². The maximum atomic E-state index is 12.9. The van der Waals surface area contributed by atoms with Crippen molar-refractivity contribution in [3.63, 3.8) is 0 Å². The van der Waals surface area contributed by atoms with Gasteiger partial charge in [-0.05, 0) is 47.4 Å². The van der Waals surface area contributed by atoms with Crippen molar-refractivity contribution in [3.8, 4) is 16.9 Å². The van der Waals surface area contributed by atoms with Crippen molar-refractivity contribution in [2.24, 2.45) is 0 Å². The number of carbonyl (C=O) groups is 2. The summed E-state index contributed by atoms with van der Waals surface area (Å²) < 4.78 is 5.33. The van der Waals surface area contributed by atoms with Crippen molar-refractivity contribution < 1.29 is 19.4 Å². The lowest BCUT2D eigenvalue weighted by atomic mass is 10.0. The Bertz CT molecular complexity index is 1040. The normalized spacial score (nSPS) is 10.5. The van der Waals surface area contributed by atoms with Gasteiger partial charge in [-0.15, -0.1) is 0 Å². The molecule has 0 spiro atoms. The van der Waals surface area contributed by atoms with Crippen LogP contribution in [0.5, 0.6) is 5.75 Å². The van der Waals surface area contributed by atoms with E-state index in [9.17, 15) is 14.7 Å². The van der Waals surface area contributed by atoms with Crippen LogP contribution in [0.2, 0.25) is 0 Å².